The summed E-state index contributed by atoms with van der Waals surface area (Å²) in [7, 11) is 2.65. The summed E-state index contributed by atoms with van der Waals surface area (Å²) in [4.78, 5) is 10.6. The smallest absolute Gasteiger partial charge is 0.462 e. The lowest BCUT2D eigenvalue weighted by Gasteiger charge is -2.22. The van der Waals surface area contributed by atoms with Crippen LogP contribution in [0.5, 0.6) is 0 Å². The Kier molecular flexibility index (Phi) is 12.4. The average molecular weight is 278 g/mol. The molecule has 0 aliphatic heterocycles. The molecule has 0 unspecified atom stereocenters. The van der Waals surface area contributed by atoms with E-state index in [-0.39, 0.29) is 5.97 Å². The molecule has 0 N–H and O–H groups in total. The topological polar surface area (TPSA) is 54.0 Å². The molecule has 0 amide bonds. The minimum Gasteiger partial charge on any atom is -0.462 e. The second kappa shape index (κ2) is 11.4. The van der Waals surface area contributed by atoms with Gasteiger partial charge in [0.05, 0.1) is 6.61 Å². The average Bonchev–Trinajstić information content (AvgIpc) is 2.40. The van der Waals surface area contributed by atoms with Crippen LogP contribution in [0.2, 0.25) is 6.04 Å². The van der Waals surface area contributed by atoms with E-state index in [2.05, 4.69) is 6.58 Å². The number of ether oxygens (including phenoxy) is 1. The third-order valence-electron chi connectivity index (χ3n) is 2.15. The quantitative estimate of drug-likeness (QED) is 0.406. The Morgan fingerprint density at radius 2 is 1.56 bits per heavy atom. The molecule has 0 spiro atoms. The lowest BCUT2D eigenvalue weighted by atomic mass is 10.4. The molecule has 0 aliphatic rings. The largest absolute Gasteiger partial charge is 0.499 e. The first-order chi connectivity index (χ1) is 8.42. The van der Waals surface area contributed by atoms with Gasteiger partial charge in [-0.05, 0) is 13.3 Å². The van der Waals surface area contributed by atoms with Crippen LogP contribution >= 0.6 is 0 Å². The van der Waals surface area contributed by atoms with Crippen LogP contribution in [0.15, 0.2) is 12.2 Å². The van der Waals surface area contributed by atoms with Gasteiger partial charge in [-0.1, -0.05) is 20.4 Å². The Hall–Kier alpha value is -0.693. The number of rotatable bonds is 7. The fraction of sp³-hybridized carbons (Fsp3) is 0.750. The van der Waals surface area contributed by atoms with Crippen molar-refractivity contribution in [3.8, 4) is 0 Å². The van der Waals surface area contributed by atoms with Gasteiger partial charge in [0, 0.05) is 32.9 Å². The first kappa shape index (κ1) is 19.6. The molecule has 0 heterocycles. The Morgan fingerprint density at radius 3 is 1.72 bits per heavy atom. The monoisotopic (exact) mass is 278 g/mol. The molecule has 18 heavy (non-hydrogen) atoms. The highest BCUT2D eigenvalue weighted by atomic mass is 28.4. The van der Waals surface area contributed by atoms with Crippen LogP contribution in [-0.4, -0.2) is 42.7 Å². The number of hydrogen-bond donors (Lipinski definition) is 0. The molecule has 0 fully saturated rings. The van der Waals surface area contributed by atoms with Gasteiger partial charge in [-0.15, -0.1) is 0 Å². The van der Waals surface area contributed by atoms with E-state index >= 15 is 0 Å². The summed E-state index contributed by atoms with van der Waals surface area (Å²) < 4.78 is 20.0. The Balaban J connectivity index is 0. The Morgan fingerprint density at radius 1 is 1.11 bits per heavy atom. The van der Waals surface area contributed by atoms with Crippen molar-refractivity contribution in [1.29, 1.82) is 0 Å². The maximum atomic E-state index is 10.6. The molecule has 0 aromatic heterocycles. The highest BCUT2D eigenvalue weighted by Crippen LogP contribution is 2.10. The second-order valence-corrected chi connectivity index (χ2v) is 6.86. The molecule has 0 atom stereocenters. The molecular weight excluding hydrogens is 252 g/mol. The van der Waals surface area contributed by atoms with E-state index in [1.807, 2.05) is 13.8 Å². The molecule has 0 aliphatic carbocycles. The SMILES string of the molecule is C=C(C)C(=O)OCCC.CC[Si](OC)(OC)OC. The Bertz CT molecular complexity index is 221. The summed E-state index contributed by atoms with van der Waals surface area (Å²) >= 11 is 0. The molecule has 5 nitrogen and oxygen atoms in total. The third-order valence-corrected chi connectivity index (χ3v) is 4.88. The first-order valence-electron chi connectivity index (χ1n) is 5.91. The van der Waals surface area contributed by atoms with Crippen LogP contribution in [-0.2, 0) is 22.8 Å². The van der Waals surface area contributed by atoms with Gasteiger partial charge in [0.2, 0.25) is 0 Å². The van der Waals surface area contributed by atoms with E-state index in [1.165, 1.54) is 0 Å². The summed E-state index contributed by atoms with van der Waals surface area (Å²) in [5, 5.41) is 0. The summed E-state index contributed by atoms with van der Waals surface area (Å²) in [5.74, 6) is -0.295. The maximum absolute atomic E-state index is 10.6. The van der Waals surface area contributed by atoms with E-state index in [4.69, 9.17) is 18.0 Å². The second-order valence-electron chi connectivity index (χ2n) is 3.57. The fourth-order valence-electron chi connectivity index (χ4n) is 1.00. The zero-order valence-electron chi connectivity index (χ0n) is 12.4. The standard InChI is InChI=1S/C7H12O2.C5H14O3Si/c1-4-5-9-7(8)6(2)3;1-5-9(6-2,7-3)8-4/h2,4-5H2,1,3H3;5H2,1-4H3. The number of carbonyl (C=O) groups excluding carboxylic acids is 1. The fourth-order valence-corrected chi connectivity index (χ4v) is 2.37. The van der Waals surface area contributed by atoms with Crippen LogP contribution in [0.4, 0.5) is 0 Å². The van der Waals surface area contributed by atoms with E-state index in [1.54, 1.807) is 28.3 Å². The van der Waals surface area contributed by atoms with Gasteiger partial charge in [-0.3, -0.25) is 0 Å². The van der Waals surface area contributed by atoms with Crippen LogP contribution in [0.25, 0.3) is 0 Å². The molecule has 0 aromatic carbocycles. The zero-order chi connectivity index (χ0) is 14.6. The zero-order valence-corrected chi connectivity index (χ0v) is 13.4. The van der Waals surface area contributed by atoms with Gasteiger partial charge >= 0.3 is 14.8 Å². The third kappa shape index (κ3) is 8.41. The Labute approximate surface area is 111 Å². The van der Waals surface area contributed by atoms with Crippen molar-refractivity contribution < 1.29 is 22.8 Å². The number of esters is 1. The normalized spacial score (nSPS) is 10.3. The molecule has 0 bridgehead atoms. The number of carbonyl (C=O) groups is 1. The predicted octanol–water partition coefficient (Wildman–Crippen LogP) is 2.40. The van der Waals surface area contributed by atoms with Crippen molar-refractivity contribution >= 4 is 14.8 Å². The lowest BCUT2D eigenvalue weighted by molar-refractivity contribution is -0.138. The van der Waals surface area contributed by atoms with Crippen LogP contribution < -0.4 is 0 Å². The minimum absolute atomic E-state index is 0.295. The summed E-state index contributed by atoms with van der Waals surface area (Å²) in [5.41, 5.74) is 0.462. The molecule has 0 saturated heterocycles. The van der Waals surface area contributed by atoms with Gasteiger partial charge in [-0.25, -0.2) is 4.79 Å². The maximum Gasteiger partial charge on any atom is 0.499 e. The summed E-state index contributed by atoms with van der Waals surface area (Å²) in [6, 6.07) is 0.816. The predicted molar refractivity (Wildman–Crippen MR) is 73.3 cm³/mol. The van der Waals surface area contributed by atoms with Crippen molar-refractivity contribution in [2.45, 2.75) is 33.2 Å². The highest BCUT2D eigenvalue weighted by Gasteiger charge is 2.34. The highest BCUT2D eigenvalue weighted by molar-refractivity contribution is 6.60. The van der Waals surface area contributed by atoms with Crippen LogP contribution in [0, 0.1) is 0 Å². The van der Waals surface area contributed by atoms with Crippen molar-refractivity contribution in [3.05, 3.63) is 12.2 Å². The van der Waals surface area contributed by atoms with E-state index in [0.29, 0.717) is 12.2 Å². The van der Waals surface area contributed by atoms with Crippen molar-refractivity contribution in [3.63, 3.8) is 0 Å². The van der Waals surface area contributed by atoms with Crippen LogP contribution in [0.1, 0.15) is 27.2 Å². The van der Waals surface area contributed by atoms with Gasteiger partial charge in [0.25, 0.3) is 0 Å². The van der Waals surface area contributed by atoms with E-state index in [0.717, 1.165) is 12.5 Å². The van der Waals surface area contributed by atoms with Gasteiger partial charge in [0.1, 0.15) is 0 Å². The minimum atomic E-state index is -2.19. The van der Waals surface area contributed by atoms with Crippen LogP contribution in [0.3, 0.4) is 0 Å². The first-order valence-corrected chi connectivity index (χ1v) is 7.84. The molecule has 108 valence electrons. The molecule has 0 saturated carbocycles. The number of hydrogen-bond acceptors (Lipinski definition) is 5. The lowest BCUT2D eigenvalue weighted by Crippen LogP contribution is -2.41. The van der Waals surface area contributed by atoms with Gasteiger partial charge in [-0.2, -0.15) is 0 Å². The van der Waals surface area contributed by atoms with Crippen molar-refractivity contribution in [2.24, 2.45) is 0 Å². The van der Waals surface area contributed by atoms with E-state index in [9.17, 15) is 4.79 Å². The molecule has 0 rings (SSSR count). The van der Waals surface area contributed by atoms with Gasteiger partial charge < -0.3 is 18.0 Å². The molecule has 6 heteroatoms. The summed E-state index contributed by atoms with van der Waals surface area (Å²) in [6.07, 6.45) is 0.860. The summed E-state index contributed by atoms with van der Waals surface area (Å²) in [6.45, 7) is 9.50. The van der Waals surface area contributed by atoms with Crippen molar-refractivity contribution in [1.82, 2.24) is 0 Å². The molecule has 0 radical (unpaired) electrons. The van der Waals surface area contributed by atoms with Crippen molar-refractivity contribution in [2.75, 3.05) is 27.9 Å². The molecular formula is C12H26O5Si. The molecule has 0 aromatic rings. The van der Waals surface area contributed by atoms with Gasteiger partial charge in [0.15, 0.2) is 0 Å². The van der Waals surface area contributed by atoms with E-state index < -0.39 is 8.80 Å².